The molecule has 31 heavy (non-hydrogen) atoms. The highest BCUT2D eigenvalue weighted by Gasteiger charge is 2.28. The van der Waals surface area contributed by atoms with E-state index in [1.807, 2.05) is 26.0 Å². The second-order valence-corrected chi connectivity index (χ2v) is 8.51. The van der Waals surface area contributed by atoms with Gasteiger partial charge in [-0.25, -0.2) is 0 Å². The SMILES string of the molecule is Cc1noc(C)c1COc1ccc(CC(=O)OCC(=O)N[C@H]2CCC[C@@H](C)[C@@H]2C)cc1. The van der Waals surface area contributed by atoms with Gasteiger partial charge in [0.05, 0.1) is 17.7 Å². The molecular weight excluding hydrogens is 396 g/mol. The summed E-state index contributed by atoms with van der Waals surface area (Å²) in [6, 6.07) is 7.40. The number of carbonyl (C=O) groups excluding carboxylic acids is 2. The van der Waals surface area contributed by atoms with Gasteiger partial charge >= 0.3 is 5.97 Å². The van der Waals surface area contributed by atoms with Crippen LogP contribution in [0.4, 0.5) is 0 Å². The smallest absolute Gasteiger partial charge is 0.310 e. The van der Waals surface area contributed by atoms with Gasteiger partial charge < -0.3 is 19.3 Å². The number of carbonyl (C=O) groups is 2. The maximum atomic E-state index is 12.2. The fraction of sp³-hybridized carbons (Fsp3) is 0.542. The minimum absolute atomic E-state index is 0.105. The van der Waals surface area contributed by atoms with E-state index in [4.69, 9.17) is 14.0 Å². The predicted octanol–water partition coefficient (Wildman–Crippen LogP) is 3.90. The quantitative estimate of drug-likeness (QED) is 0.642. The number of amides is 1. The third kappa shape index (κ3) is 6.32. The van der Waals surface area contributed by atoms with E-state index in [0.29, 0.717) is 24.2 Å². The maximum absolute atomic E-state index is 12.2. The first-order valence-electron chi connectivity index (χ1n) is 10.9. The average Bonchev–Trinajstić information content (AvgIpc) is 3.07. The zero-order valence-electron chi connectivity index (χ0n) is 18.8. The number of nitrogens with zero attached hydrogens (tertiary/aromatic N) is 1. The molecular formula is C24H32N2O5. The minimum atomic E-state index is -0.426. The second kappa shape index (κ2) is 10.5. The van der Waals surface area contributed by atoms with Crippen LogP contribution in [-0.4, -0.2) is 29.7 Å². The monoisotopic (exact) mass is 428 g/mol. The van der Waals surface area contributed by atoms with Gasteiger partial charge in [0.15, 0.2) is 6.61 Å². The van der Waals surface area contributed by atoms with Crippen LogP contribution in [0, 0.1) is 25.7 Å². The van der Waals surface area contributed by atoms with Crippen LogP contribution in [0.1, 0.15) is 55.7 Å². The van der Waals surface area contributed by atoms with Crippen LogP contribution in [0.25, 0.3) is 0 Å². The van der Waals surface area contributed by atoms with E-state index >= 15 is 0 Å². The molecule has 0 spiro atoms. The third-order valence-electron chi connectivity index (χ3n) is 6.25. The highest BCUT2D eigenvalue weighted by Crippen LogP contribution is 2.29. The Balaban J connectivity index is 1.40. The molecule has 168 valence electrons. The normalized spacial score (nSPS) is 20.8. The Kier molecular flexibility index (Phi) is 7.71. The van der Waals surface area contributed by atoms with Crippen molar-refractivity contribution in [2.45, 2.75) is 66.0 Å². The van der Waals surface area contributed by atoms with Crippen molar-refractivity contribution < 1.29 is 23.6 Å². The molecule has 0 saturated heterocycles. The summed E-state index contributed by atoms with van der Waals surface area (Å²) in [7, 11) is 0. The summed E-state index contributed by atoms with van der Waals surface area (Å²) in [5, 5.41) is 6.93. The lowest BCUT2D eigenvalue weighted by molar-refractivity contribution is -0.148. The number of aryl methyl sites for hydroxylation is 2. The highest BCUT2D eigenvalue weighted by molar-refractivity contribution is 5.81. The Labute approximate surface area is 183 Å². The van der Waals surface area contributed by atoms with Crippen molar-refractivity contribution >= 4 is 11.9 Å². The molecule has 1 fully saturated rings. The van der Waals surface area contributed by atoms with Crippen LogP contribution in [0.2, 0.25) is 0 Å². The molecule has 3 atom stereocenters. The van der Waals surface area contributed by atoms with E-state index in [1.165, 1.54) is 6.42 Å². The van der Waals surface area contributed by atoms with Crippen LogP contribution in [0.15, 0.2) is 28.8 Å². The molecule has 1 aliphatic rings. The van der Waals surface area contributed by atoms with Gasteiger partial charge in [-0.3, -0.25) is 9.59 Å². The van der Waals surface area contributed by atoms with Crippen molar-refractivity contribution in [1.82, 2.24) is 10.5 Å². The van der Waals surface area contributed by atoms with E-state index in [-0.39, 0.29) is 25.0 Å². The van der Waals surface area contributed by atoms with Gasteiger partial charge in [-0.1, -0.05) is 44.0 Å². The molecule has 1 N–H and O–H groups in total. The lowest BCUT2D eigenvalue weighted by Gasteiger charge is -2.34. The standard InChI is InChI=1S/C24H32N2O5/c1-15-6-5-7-22(16(15)2)25-23(27)14-30-24(28)12-19-8-10-20(11-9-19)29-13-21-17(3)26-31-18(21)4/h8-11,15-16,22H,5-7,12-14H2,1-4H3,(H,25,27)/t15-,16+,22+/m1/s1. The molecule has 0 aliphatic heterocycles. The molecule has 0 radical (unpaired) electrons. The van der Waals surface area contributed by atoms with Gasteiger partial charge in [0.1, 0.15) is 18.1 Å². The molecule has 0 unspecified atom stereocenters. The first-order valence-corrected chi connectivity index (χ1v) is 10.9. The number of aromatic nitrogens is 1. The van der Waals surface area contributed by atoms with Crippen LogP contribution in [0.3, 0.4) is 0 Å². The number of rotatable bonds is 8. The van der Waals surface area contributed by atoms with Gasteiger partial charge in [0, 0.05) is 6.04 Å². The lowest BCUT2D eigenvalue weighted by atomic mass is 9.78. The lowest BCUT2D eigenvalue weighted by Crippen LogP contribution is -2.45. The second-order valence-electron chi connectivity index (χ2n) is 8.51. The number of nitrogens with one attached hydrogen (secondary N) is 1. The van der Waals surface area contributed by atoms with Crippen molar-refractivity contribution in [3.8, 4) is 5.75 Å². The van der Waals surface area contributed by atoms with E-state index in [1.54, 1.807) is 12.1 Å². The first kappa shape index (κ1) is 22.8. The van der Waals surface area contributed by atoms with Crippen LogP contribution in [0.5, 0.6) is 5.75 Å². The van der Waals surface area contributed by atoms with Crippen LogP contribution >= 0.6 is 0 Å². The van der Waals surface area contributed by atoms with Crippen LogP contribution in [-0.2, 0) is 27.4 Å². The maximum Gasteiger partial charge on any atom is 0.310 e. The summed E-state index contributed by atoms with van der Waals surface area (Å²) in [5.41, 5.74) is 2.54. The zero-order chi connectivity index (χ0) is 22.4. The van der Waals surface area contributed by atoms with Crippen molar-refractivity contribution in [2.24, 2.45) is 11.8 Å². The summed E-state index contributed by atoms with van der Waals surface area (Å²) < 4.78 is 16.1. The van der Waals surface area contributed by atoms with Gasteiger partial charge in [0.25, 0.3) is 5.91 Å². The fourth-order valence-electron chi connectivity index (χ4n) is 3.96. The summed E-state index contributed by atoms with van der Waals surface area (Å²) in [6.45, 7) is 8.24. The Hall–Kier alpha value is -2.83. The Morgan fingerprint density at radius 1 is 1.16 bits per heavy atom. The fourth-order valence-corrected chi connectivity index (χ4v) is 3.96. The molecule has 3 rings (SSSR count). The summed E-state index contributed by atoms with van der Waals surface area (Å²) in [4.78, 5) is 24.3. The molecule has 1 aliphatic carbocycles. The van der Waals surface area contributed by atoms with E-state index < -0.39 is 5.97 Å². The van der Waals surface area contributed by atoms with Crippen LogP contribution < -0.4 is 10.1 Å². The van der Waals surface area contributed by atoms with Gasteiger partial charge in [-0.05, 0) is 49.8 Å². The topological polar surface area (TPSA) is 90.7 Å². The van der Waals surface area contributed by atoms with Crippen molar-refractivity contribution in [3.05, 3.63) is 46.8 Å². The number of benzene rings is 1. The van der Waals surface area contributed by atoms with E-state index in [2.05, 4.69) is 24.3 Å². The summed E-state index contributed by atoms with van der Waals surface area (Å²) in [6.07, 6.45) is 3.41. The molecule has 1 saturated carbocycles. The molecule has 0 bridgehead atoms. The summed E-state index contributed by atoms with van der Waals surface area (Å²) in [5.74, 6) is 1.80. The number of hydrogen-bond acceptors (Lipinski definition) is 6. The van der Waals surface area contributed by atoms with Gasteiger partial charge in [0.2, 0.25) is 0 Å². The molecule has 1 amide bonds. The van der Waals surface area contributed by atoms with Crippen molar-refractivity contribution in [2.75, 3.05) is 6.61 Å². The van der Waals surface area contributed by atoms with E-state index in [9.17, 15) is 9.59 Å². The van der Waals surface area contributed by atoms with Crippen molar-refractivity contribution in [1.29, 1.82) is 0 Å². The molecule has 1 aromatic carbocycles. The average molecular weight is 429 g/mol. The molecule has 1 heterocycles. The number of esters is 1. The van der Waals surface area contributed by atoms with E-state index in [0.717, 1.165) is 35.4 Å². The molecule has 2 aromatic rings. The van der Waals surface area contributed by atoms with Crippen molar-refractivity contribution in [3.63, 3.8) is 0 Å². The molecule has 7 heteroatoms. The Bertz CT molecular complexity index is 870. The third-order valence-corrected chi connectivity index (χ3v) is 6.25. The van der Waals surface area contributed by atoms with Gasteiger partial charge in [-0.2, -0.15) is 0 Å². The predicted molar refractivity (Wildman–Crippen MR) is 116 cm³/mol. The highest BCUT2D eigenvalue weighted by atomic mass is 16.5. The Morgan fingerprint density at radius 2 is 1.90 bits per heavy atom. The molecule has 1 aromatic heterocycles. The Morgan fingerprint density at radius 3 is 2.58 bits per heavy atom. The largest absolute Gasteiger partial charge is 0.489 e. The first-order chi connectivity index (χ1) is 14.8. The molecule has 7 nitrogen and oxygen atoms in total. The zero-order valence-corrected chi connectivity index (χ0v) is 18.8. The minimum Gasteiger partial charge on any atom is -0.489 e. The number of hydrogen-bond donors (Lipinski definition) is 1. The van der Waals surface area contributed by atoms with Gasteiger partial charge in [-0.15, -0.1) is 0 Å². The number of ether oxygens (including phenoxy) is 2. The summed E-state index contributed by atoms with van der Waals surface area (Å²) >= 11 is 0.